The van der Waals surface area contributed by atoms with Crippen LogP contribution in [0.3, 0.4) is 0 Å². The maximum absolute atomic E-state index is 11.8. The van der Waals surface area contributed by atoms with Crippen LogP contribution < -0.4 is 5.32 Å². The topological polar surface area (TPSA) is 41.6 Å². The smallest absolute Gasteiger partial charge is 0.338 e. The van der Waals surface area contributed by atoms with Gasteiger partial charge in [0.1, 0.15) is 6.61 Å². The molecule has 0 amide bonds. The Morgan fingerprint density at radius 2 is 2.17 bits per heavy atom. The zero-order valence-corrected chi connectivity index (χ0v) is 12.4. The second-order valence-electron chi connectivity index (χ2n) is 4.24. The fraction of sp³-hybridized carbons (Fsp3) is 0.462. The van der Waals surface area contributed by atoms with Gasteiger partial charge >= 0.3 is 5.97 Å². The molecule has 1 aromatic carbocycles. The summed E-state index contributed by atoms with van der Waals surface area (Å²) in [4.78, 5) is 14.1. The lowest BCUT2D eigenvalue weighted by Crippen LogP contribution is -2.44. The molecule has 1 aliphatic rings. The molecule has 0 radical (unpaired) electrons. The first-order valence-corrected chi connectivity index (χ1v) is 7.19. The molecule has 1 heterocycles. The maximum atomic E-state index is 11.8. The van der Waals surface area contributed by atoms with Crippen LogP contribution in [0.1, 0.15) is 10.4 Å². The normalized spacial score (nSPS) is 16.5. The maximum Gasteiger partial charge on any atom is 0.338 e. The monoisotopic (exact) mass is 360 g/mol. The van der Waals surface area contributed by atoms with Crippen LogP contribution in [0, 0.1) is 3.57 Å². The van der Waals surface area contributed by atoms with Crippen molar-refractivity contribution in [2.75, 3.05) is 39.3 Å². The Kier molecular flexibility index (Phi) is 5.40. The van der Waals surface area contributed by atoms with E-state index in [1.165, 1.54) is 0 Å². The number of hydrogen-bond acceptors (Lipinski definition) is 4. The SMILES string of the molecule is O=C(OCCN1CCNCC1)c1cccc(I)c1. The Balaban J connectivity index is 1.74. The van der Waals surface area contributed by atoms with Gasteiger partial charge in [0, 0.05) is 36.3 Å². The number of nitrogens with zero attached hydrogens (tertiary/aromatic N) is 1. The molecule has 2 rings (SSSR count). The van der Waals surface area contributed by atoms with Gasteiger partial charge in [-0.25, -0.2) is 4.79 Å². The fourth-order valence-electron chi connectivity index (χ4n) is 1.90. The number of carbonyl (C=O) groups excluding carboxylic acids is 1. The van der Waals surface area contributed by atoms with E-state index in [-0.39, 0.29) is 5.97 Å². The quantitative estimate of drug-likeness (QED) is 0.650. The van der Waals surface area contributed by atoms with Gasteiger partial charge in [0.2, 0.25) is 0 Å². The Morgan fingerprint density at radius 1 is 1.39 bits per heavy atom. The van der Waals surface area contributed by atoms with Crippen LogP contribution in [0.2, 0.25) is 0 Å². The lowest BCUT2D eigenvalue weighted by atomic mass is 10.2. The summed E-state index contributed by atoms with van der Waals surface area (Å²) in [5.74, 6) is -0.233. The van der Waals surface area contributed by atoms with Gasteiger partial charge < -0.3 is 10.1 Å². The molecule has 98 valence electrons. The molecule has 1 N–H and O–H groups in total. The van der Waals surface area contributed by atoms with E-state index in [1.54, 1.807) is 6.07 Å². The molecule has 0 bridgehead atoms. The van der Waals surface area contributed by atoms with Crippen LogP contribution >= 0.6 is 22.6 Å². The number of halogens is 1. The van der Waals surface area contributed by atoms with Crippen molar-refractivity contribution in [3.8, 4) is 0 Å². The summed E-state index contributed by atoms with van der Waals surface area (Å²) in [6.45, 7) is 5.37. The van der Waals surface area contributed by atoms with Crippen molar-refractivity contribution in [3.63, 3.8) is 0 Å². The first-order chi connectivity index (χ1) is 8.75. The standard InChI is InChI=1S/C13H17IN2O2/c14-12-3-1-2-11(10-12)13(17)18-9-8-16-6-4-15-5-7-16/h1-3,10,15H,4-9H2. The molecular weight excluding hydrogens is 343 g/mol. The number of hydrogen-bond donors (Lipinski definition) is 1. The minimum atomic E-state index is -0.233. The van der Waals surface area contributed by atoms with E-state index in [9.17, 15) is 4.79 Å². The lowest BCUT2D eigenvalue weighted by Gasteiger charge is -2.26. The minimum absolute atomic E-state index is 0.233. The van der Waals surface area contributed by atoms with Crippen LogP contribution in [0.4, 0.5) is 0 Å². The van der Waals surface area contributed by atoms with E-state index < -0.39 is 0 Å². The second kappa shape index (κ2) is 7.06. The minimum Gasteiger partial charge on any atom is -0.461 e. The fourth-order valence-corrected chi connectivity index (χ4v) is 2.44. The lowest BCUT2D eigenvalue weighted by molar-refractivity contribution is 0.0456. The highest BCUT2D eigenvalue weighted by atomic mass is 127. The number of piperazine rings is 1. The number of nitrogens with one attached hydrogen (secondary N) is 1. The number of rotatable bonds is 4. The molecule has 5 heteroatoms. The van der Waals surface area contributed by atoms with Crippen LogP contribution in [-0.2, 0) is 4.74 Å². The third-order valence-electron chi connectivity index (χ3n) is 2.91. The summed E-state index contributed by atoms with van der Waals surface area (Å²) in [6, 6.07) is 7.45. The summed E-state index contributed by atoms with van der Waals surface area (Å²) in [5.41, 5.74) is 0.627. The van der Waals surface area contributed by atoms with E-state index in [1.807, 2.05) is 18.2 Å². The Bertz CT molecular complexity index is 406. The van der Waals surface area contributed by atoms with Gasteiger partial charge in [-0.2, -0.15) is 0 Å². The van der Waals surface area contributed by atoms with E-state index in [2.05, 4.69) is 32.8 Å². The van der Waals surface area contributed by atoms with Gasteiger partial charge in [0.05, 0.1) is 5.56 Å². The van der Waals surface area contributed by atoms with Crippen molar-refractivity contribution in [1.82, 2.24) is 10.2 Å². The summed E-state index contributed by atoms with van der Waals surface area (Å²) in [5, 5.41) is 3.30. The molecular formula is C13H17IN2O2. The van der Waals surface area contributed by atoms with Crippen molar-refractivity contribution in [2.45, 2.75) is 0 Å². The number of carbonyl (C=O) groups is 1. The van der Waals surface area contributed by atoms with Crippen LogP contribution in [0.25, 0.3) is 0 Å². The molecule has 1 aromatic rings. The molecule has 0 unspecified atom stereocenters. The van der Waals surface area contributed by atoms with E-state index >= 15 is 0 Å². The average Bonchev–Trinajstić information content (AvgIpc) is 2.40. The molecule has 0 aromatic heterocycles. The Labute approximate surface area is 121 Å². The summed E-state index contributed by atoms with van der Waals surface area (Å²) in [7, 11) is 0. The van der Waals surface area contributed by atoms with Crippen LogP contribution in [-0.4, -0.2) is 50.2 Å². The molecule has 0 atom stereocenters. The van der Waals surface area contributed by atoms with E-state index in [0.29, 0.717) is 12.2 Å². The first kappa shape index (κ1) is 13.8. The van der Waals surface area contributed by atoms with Crippen molar-refractivity contribution in [3.05, 3.63) is 33.4 Å². The third-order valence-corrected chi connectivity index (χ3v) is 3.58. The van der Waals surface area contributed by atoms with Gasteiger partial charge in [-0.15, -0.1) is 0 Å². The zero-order valence-electron chi connectivity index (χ0n) is 10.2. The van der Waals surface area contributed by atoms with Gasteiger partial charge in [-0.3, -0.25) is 4.90 Å². The molecule has 18 heavy (non-hydrogen) atoms. The molecule has 1 saturated heterocycles. The number of esters is 1. The summed E-state index contributed by atoms with van der Waals surface area (Å²) >= 11 is 2.19. The first-order valence-electron chi connectivity index (χ1n) is 6.11. The highest BCUT2D eigenvalue weighted by molar-refractivity contribution is 14.1. The molecule has 1 fully saturated rings. The van der Waals surface area contributed by atoms with Gasteiger partial charge in [-0.05, 0) is 40.8 Å². The summed E-state index contributed by atoms with van der Waals surface area (Å²) in [6.07, 6.45) is 0. The number of ether oxygens (including phenoxy) is 1. The molecule has 4 nitrogen and oxygen atoms in total. The van der Waals surface area contributed by atoms with Crippen LogP contribution in [0.5, 0.6) is 0 Å². The average molecular weight is 360 g/mol. The number of benzene rings is 1. The van der Waals surface area contributed by atoms with Crippen molar-refractivity contribution >= 4 is 28.6 Å². The molecule has 1 aliphatic heterocycles. The summed E-state index contributed by atoms with van der Waals surface area (Å²) < 4.78 is 6.33. The van der Waals surface area contributed by atoms with Crippen LogP contribution in [0.15, 0.2) is 24.3 Å². The highest BCUT2D eigenvalue weighted by Crippen LogP contribution is 2.08. The van der Waals surface area contributed by atoms with Crippen molar-refractivity contribution < 1.29 is 9.53 Å². The zero-order chi connectivity index (χ0) is 12.8. The van der Waals surface area contributed by atoms with Gasteiger partial charge in [-0.1, -0.05) is 6.07 Å². The highest BCUT2D eigenvalue weighted by Gasteiger charge is 2.11. The third kappa shape index (κ3) is 4.22. The molecule has 0 spiro atoms. The predicted octanol–water partition coefficient (Wildman–Crippen LogP) is 1.35. The van der Waals surface area contributed by atoms with Gasteiger partial charge in [0.15, 0.2) is 0 Å². The van der Waals surface area contributed by atoms with Crippen molar-refractivity contribution in [1.29, 1.82) is 0 Å². The molecule has 0 saturated carbocycles. The predicted molar refractivity (Wildman–Crippen MR) is 78.8 cm³/mol. The van der Waals surface area contributed by atoms with Gasteiger partial charge in [0.25, 0.3) is 0 Å². The van der Waals surface area contributed by atoms with E-state index in [0.717, 1.165) is 36.3 Å². The van der Waals surface area contributed by atoms with Crippen molar-refractivity contribution in [2.24, 2.45) is 0 Å². The second-order valence-corrected chi connectivity index (χ2v) is 5.48. The Morgan fingerprint density at radius 3 is 2.89 bits per heavy atom. The largest absolute Gasteiger partial charge is 0.461 e. The molecule has 0 aliphatic carbocycles. The van der Waals surface area contributed by atoms with E-state index in [4.69, 9.17) is 4.74 Å². The Hall–Kier alpha value is -0.660.